The van der Waals surface area contributed by atoms with Crippen LogP contribution in [0.3, 0.4) is 0 Å². The lowest BCUT2D eigenvalue weighted by molar-refractivity contribution is 0.810. The number of hydrogen-bond acceptors (Lipinski definition) is 5. The third-order valence-corrected chi connectivity index (χ3v) is 4.21. The minimum absolute atomic E-state index is 0.328. The van der Waals surface area contributed by atoms with Gasteiger partial charge in [-0.25, -0.2) is 15.0 Å². The van der Waals surface area contributed by atoms with Gasteiger partial charge in [-0.2, -0.15) is 0 Å². The van der Waals surface area contributed by atoms with E-state index in [-0.39, 0.29) is 0 Å². The maximum atomic E-state index is 4.61. The molecule has 0 amide bonds. The highest BCUT2D eigenvalue weighted by atomic mass is 79.9. The van der Waals surface area contributed by atoms with Crippen LogP contribution in [0.15, 0.2) is 9.85 Å². The maximum absolute atomic E-state index is 4.61. The molecule has 2 rings (SSSR count). The first kappa shape index (κ1) is 13.4. The van der Waals surface area contributed by atoms with E-state index in [9.17, 15) is 0 Å². The first-order valence-electron chi connectivity index (χ1n) is 5.70. The highest BCUT2D eigenvalue weighted by Gasteiger charge is 2.16. The summed E-state index contributed by atoms with van der Waals surface area (Å²) in [6, 6.07) is 0. The third kappa shape index (κ3) is 2.54. The maximum Gasteiger partial charge on any atom is 0.191 e. The van der Waals surface area contributed by atoms with E-state index in [2.05, 4.69) is 50.0 Å². The van der Waals surface area contributed by atoms with Gasteiger partial charge in [0.25, 0.3) is 0 Å². The Balaban J connectivity index is 2.58. The number of hydrogen-bond donors (Lipinski definition) is 1. The molecule has 96 valence electrons. The molecule has 6 heteroatoms. The van der Waals surface area contributed by atoms with E-state index >= 15 is 0 Å². The molecule has 0 unspecified atom stereocenters. The van der Waals surface area contributed by atoms with Gasteiger partial charge < -0.3 is 5.32 Å². The van der Waals surface area contributed by atoms with Gasteiger partial charge in [-0.15, -0.1) is 11.3 Å². The molecule has 0 atom stereocenters. The Bertz CT molecular complexity index is 565. The van der Waals surface area contributed by atoms with Gasteiger partial charge in [-0.05, 0) is 28.8 Å². The molecule has 0 spiro atoms. The van der Waals surface area contributed by atoms with E-state index in [1.54, 1.807) is 11.3 Å². The van der Waals surface area contributed by atoms with Crippen LogP contribution in [-0.2, 0) is 0 Å². The molecule has 0 saturated heterocycles. The van der Waals surface area contributed by atoms with Crippen molar-refractivity contribution in [3.8, 4) is 10.8 Å². The Morgan fingerprint density at radius 3 is 2.50 bits per heavy atom. The molecule has 2 heterocycles. The second-order valence-electron chi connectivity index (χ2n) is 4.29. The van der Waals surface area contributed by atoms with E-state index < -0.39 is 0 Å². The molecule has 0 aliphatic heterocycles. The van der Waals surface area contributed by atoms with Crippen molar-refractivity contribution in [2.75, 3.05) is 12.4 Å². The van der Waals surface area contributed by atoms with Crippen LogP contribution in [0.2, 0.25) is 0 Å². The lowest BCUT2D eigenvalue weighted by Crippen LogP contribution is -2.04. The molecular weight excluding hydrogens is 312 g/mol. The van der Waals surface area contributed by atoms with Gasteiger partial charge in [0, 0.05) is 18.1 Å². The van der Waals surface area contributed by atoms with E-state index in [1.165, 1.54) is 0 Å². The normalized spacial score (nSPS) is 11.0. The second-order valence-corrected chi connectivity index (χ2v) is 5.94. The number of thiazole rings is 1. The number of rotatable bonds is 3. The Morgan fingerprint density at radius 1 is 1.28 bits per heavy atom. The average Bonchev–Trinajstić information content (AvgIpc) is 2.76. The number of aromatic nitrogens is 3. The number of nitrogens with one attached hydrogen (secondary N) is 1. The fourth-order valence-corrected chi connectivity index (χ4v) is 3.13. The zero-order valence-corrected chi connectivity index (χ0v) is 13.2. The lowest BCUT2D eigenvalue weighted by atomic mass is 10.1. The molecule has 4 nitrogen and oxygen atoms in total. The minimum atomic E-state index is 0.328. The van der Waals surface area contributed by atoms with Crippen molar-refractivity contribution in [1.29, 1.82) is 0 Å². The number of aryl methyl sites for hydroxylation is 1. The topological polar surface area (TPSA) is 50.7 Å². The molecule has 0 bridgehead atoms. The first-order valence-corrected chi connectivity index (χ1v) is 7.38. The summed E-state index contributed by atoms with van der Waals surface area (Å²) in [5.41, 5.74) is 2.00. The molecule has 0 radical (unpaired) electrons. The first-order chi connectivity index (χ1) is 8.52. The van der Waals surface area contributed by atoms with Gasteiger partial charge in [0.15, 0.2) is 10.8 Å². The molecule has 0 aliphatic rings. The van der Waals surface area contributed by atoms with Crippen LogP contribution in [0.4, 0.5) is 5.82 Å². The zero-order chi connectivity index (χ0) is 13.3. The lowest BCUT2D eigenvalue weighted by Gasteiger charge is -2.12. The highest BCUT2D eigenvalue weighted by Crippen LogP contribution is 2.31. The quantitative estimate of drug-likeness (QED) is 0.931. The molecule has 2 aromatic rings. The summed E-state index contributed by atoms with van der Waals surface area (Å²) in [6.45, 7) is 6.20. The molecule has 18 heavy (non-hydrogen) atoms. The molecule has 2 aromatic heterocycles. The van der Waals surface area contributed by atoms with E-state index in [1.807, 2.05) is 19.4 Å². The van der Waals surface area contributed by atoms with Gasteiger partial charge in [-0.3, -0.25) is 0 Å². The molecule has 1 N–H and O–H groups in total. The molecule has 0 aliphatic carbocycles. The Labute approximate surface area is 119 Å². The van der Waals surface area contributed by atoms with E-state index in [4.69, 9.17) is 0 Å². The number of halogens is 1. The van der Waals surface area contributed by atoms with Crippen molar-refractivity contribution in [3.05, 3.63) is 21.2 Å². The van der Waals surface area contributed by atoms with Gasteiger partial charge in [0.2, 0.25) is 0 Å². The SMILES string of the molecule is CNc1nc(-c2nc(C)cs2)nc(C(C)C)c1Br. The van der Waals surface area contributed by atoms with E-state index in [0.29, 0.717) is 11.7 Å². The van der Waals surface area contributed by atoms with Crippen molar-refractivity contribution in [1.82, 2.24) is 15.0 Å². The van der Waals surface area contributed by atoms with Crippen molar-refractivity contribution in [2.45, 2.75) is 26.7 Å². The number of anilines is 1. The van der Waals surface area contributed by atoms with Crippen LogP contribution in [0, 0.1) is 6.92 Å². The fraction of sp³-hybridized carbons (Fsp3) is 0.417. The standard InChI is InChI=1S/C12H15BrN4S/c1-6(2)9-8(13)10(14-4)17-11(16-9)12-15-7(3)5-18-12/h5-6H,1-4H3,(H,14,16,17). The molecular formula is C12H15BrN4S. The van der Waals surface area contributed by atoms with Crippen LogP contribution < -0.4 is 5.32 Å². The van der Waals surface area contributed by atoms with Crippen LogP contribution in [-0.4, -0.2) is 22.0 Å². The predicted octanol–water partition coefficient (Wildman–Crippen LogP) is 3.84. The summed E-state index contributed by atoms with van der Waals surface area (Å²) in [7, 11) is 1.86. The monoisotopic (exact) mass is 326 g/mol. The van der Waals surface area contributed by atoms with Crippen LogP contribution in [0.25, 0.3) is 10.8 Å². The minimum Gasteiger partial charge on any atom is -0.372 e. The smallest absolute Gasteiger partial charge is 0.191 e. The van der Waals surface area contributed by atoms with Crippen LogP contribution in [0.1, 0.15) is 31.2 Å². The fourth-order valence-electron chi connectivity index (χ4n) is 1.56. The number of nitrogens with zero attached hydrogens (tertiary/aromatic N) is 3. The van der Waals surface area contributed by atoms with Gasteiger partial charge in [0.05, 0.1) is 10.2 Å². The summed E-state index contributed by atoms with van der Waals surface area (Å²) in [4.78, 5) is 13.5. The largest absolute Gasteiger partial charge is 0.372 e. The summed E-state index contributed by atoms with van der Waals surface area (Å²) in [5, 5.41) is 5.95. The Morgan fingerprint density at radius 2 is 2.00 bits per heavy atom. The molecule has 0 saturated carbocycles. The van der Waals surface area contributed by atoms with Gasteiger partial charge in [-0.1, -0.05) is 13.8 Å². The van der Waals surface area contributed by atoms with Crippen molar-refractivity contribution in [3.63, 3.8) is 0 Å². The van der Waals surface area contributed by atoms with Gasteiger partial charge in [0.1, 0.15) is 5.82 Å². The zero-order valence-electron chi connectivity index (χ0n) is 10.8. The highest BCUT2D eigenvalue weighted by molar-refractivity contribution is 9.10. The summed E-state index contributed by atoms with van der Waals surface area (Å²) in [6.07, 6.45) is 0. The predicted molar refractivity (Wildman–Crippen MR) is 79.2 cm³/mol. The Hall–Kier alpha value is -1.01. The van der Waals surface area contributed by atoms with E-state index in [0.717, 1.165) is 26.7 Å². The van der Waals surface area contributed by atoms with Crippen molar-refractivity contribution >= 4 is 33.1 Å². The molecule has 0 fully saturated rings. The summed E-state index contributed by atoms with van der Waals surface area (Å²) in [5.74, 6) is 1.81. The third-order valence-electron chi connectivity index (χ3n) is 2.47. The van der Waals surface area contributed by atoms with Crippen LogP contribution in [0.5, 0.6) is 0 Å². The summed E-state index contributed by atoms with van der Waals surface area (Å²) >= 11 is 5.12. The second kappa shape index (κ2) is 5.32. The summed E-state index contributed by atoms with van der Waals surface area (Å²) < 4.78 is 0.928. The Kier molecular flexibility index (Phi) is 3.97. The van der Waals surface area contributed by atoms with Crippen molar-refractivity contribution < 1.29 is 0 Å². The van der Waals surface area contributed by atoms with Crippen molar-refractivity contribution in [2.24, 2.45) is 0 Å². The van der Waals surface area contributed by atoms with Gasteiger partial charge >= 0.3 is 0 Å². The average molecular weight is 327 g/mol. The molecule has 0 aromatic carbocycles. The van der Waals surface area contributed by atoms with Crippen LogP contribution >= 0.6 is 27.3 Å².